The van der Waals surface area contributed by atoms with Crippen LogP contribution in [0.25, 0.3) is 10.8 Å². The molecule has 1 unspecified atom stereocenters. The summed E-state index contributed by atoms with van der Waals surface area (Å²) in [6.45, 7) is 3.63. The van der Waals surface area contributed by atoms with Crippen LogP contribution in [0.5, 0.6) is 0 Å². The number of rotatable bonds is 1. The van der Waals surface area contributed by atoms with Crippen molar-refractivity contribution in [3.63, 3.8) is 0 Å². The monoisotopic (exact) mass is 273 g/mol. The molecule has 1 atom stereocenters. The number of halogens is 1. The molecule has 1 amide bonds. The van der Waals surface area contributed by atoms with Gasteiger partial charge in [0.1, 0.15) is 5.82 Å². The summed E-state index contributed by atoms with van der Waals surface area (Å²) in [5, 5.41) is 1.15. The molecular weight excluding hydrogens is 257 g/mol. The average Bonchev–Trinajstić information content (AvgIpc) is 2.48. The molecule has 0 saturated carbocycles. The van der Waals surface area contributed by atoms with Gasteiger partial charge in [-0.25, -0.2) is 4.39 Å². The molecule has 1 aliphatic rings. The van der Waals surface area contributed by atoms with Crippen molar-refractivity contribution < 1.29 is 13.9 Å². The Hall–Kier alpha value is -1.94. The number of carbonyl (C=O) groups excluding carboxylic acids is 1. The Morgan fingerprint density at radius 2 is 2.00 bits per heavy atom. The van der Waals surface area contributed by atoms with Gasteiger partial charge in [-0.2, -0.15) is 0 Å². The number of amides is 1. The van der Waals surface area contributed by atoms with Crippen LogP contribution in [0.2, 0.25) is 0 Å². The smallest absolute Gasteiger partial charge is 0.254 e. The second-order valence-corrected chi connectivity index (χ2v) is 5.06. The van der Waals surface area contributed by atoms with E-state index in [0.29, 0.717) is 36.1 Å². The number of hydrogen-bond acceptors (Lipinski definition) is 2. The van der Waals surface area contributed by atoms with Crippen molar-refractivity contribution in [2.45, 2.75) is 13.0 Å². The normalized spacial score (nSPS) is 19.3. The van der Waals surface area contributed by atoms with Crippen LogP contribution in [-0.2, 0) is 4.74 Å². The van der Waals surface area contributed by atoms with Crippen LogP contribution in [0.1, 0.15) is 17.3 Å². The predicted octanol–water partition coefficient (Wildman–Crippen LogP) is 2.84. The molecule has 2 aromatic rings. The van der Waals surface area contributed by atoms with E-state index in [1.165, 1.54) is 6.07 Å². The topological polar surface area (TPSA) is 29.5 Å². The van der Waals surface area contributed by atoms with Crippen LogP contribution in [0.3, 0.4) is 0 Å². The third-order valence-corrected chi connectivity index (χ3v) is 3.73. The van der Waals surface area contributed by atoms with Gasteiger partial charge in [-0.3, -0.25) is 4.79 Å². The predicted molar refractivity (Wildman–Crippen MR) is 75.2 cm³/mol. The molecule has 0 aliphatic carbocycles. The van der Waals surface area contributed by atoms with Gasteiger partial charge in [0.25, 0.3) is 5.91 Å². The largest absolute Gasteiger partial charge is 0.377 e. The maximum atomic E-state index is 13.8. The van der Waals surface area contributed by atoms with Crippen molar-refractivity contribution in [3.8, 4) is 0 Å². The number of benzene rings is 2. The molecule has 0 radical (unpaired) electrons. The van der Waals surface area contributed by atoms with E-state index >= 15 is 0 Å². The van der Waals surface area contributed by atoms with Crippen molar-refractivity contribution in [1.29, 1.82) is 0 Å². The lowest BCUT2D eigenvalue weighted by molar-refractivity contribution is 0.00370. The van der Waals surface area contributed by atoms with E-state index in [9.17, 15) is 9.18 Å². The fraction of sp³-hybridized carbons (Fsp3) is 0.312. The Labute approximate surface area is 116 Å². The summed E-state index contributed by atoms with van der Waals surface area (Å²) < 4.78 is 19.2. The van der Waals surface area contributed by atoms with Crippen molar-refractivity contribution >= 4 is 16.7 Å². The summed E-state index contributed by atoms with van der Waals surface area (Å²) in [4.78, 5) is 14.5. The van der Waals surface area contributed by atoms with Gasteiger partial charge < -0.3 is 9.64 Å². The number of carbonyl (C=O) groups is 1. The molecule has 1 heterocycles. The first-order valence-electron chi connectivity index (χ1n) is 6.74. The molecule has 1 fully saturated rings. The molecule has 0 bridgehead atoms. The molecule has 0 aromatic heterocycles. The average molecular weight is 273 g/mol. The lowest BCUT2D eigenvalue weighted by atomic mass is 10.0. The van der Waals surface area contributed by atoms with Crippen LogP contribution < -0.4 is 0 Å². The highest BCUT2D eigenvalue weighted by molar-refractivity contribution is 6.07. The van der Waals surface area contributed by atoms with Crippen LogP contribution in [-0.4, -0.2) is 36.6 Å². The van der Waals surface area contributed by atoms with Gasteiger partial charge in [-0.1, -0.05) is 24.3 Å². The van der Waals surface area contributed by atoms with Gasteiger partial charge in [0.05, 0.1) is 19.3 Å². The van der Waals surface area contributed by atoms with E-state index in [1.807, 2.05) is 13.0 Å². The van der Waals surface area contributed by atoms with Gasteiger partial charge in [0, 0.05) is 17.5 Å². The van der Waals surface area contributed by atoms with E-state index < -0.39 is 0 Å². The summed E-state index contributed by atoms with van der Waals surface area (Å²) in [7, 11) is 0. The fourth-order valence-corrected chi connectivity index (χ4v) is 2.63. The minimum atomic E-state index is -0.299. The summed E-state index contributed by atoms with van der Waals surface area (Å²) in [5.74, 6) is -0.357. The van der Waals surface area contributed by atoms with Crippen LogP contribution in [0.15, 0.2) is 36.4 Å². The lowest BCUT2D eigenvalue weighted by Gasteiger charge is -2.33. The quantitative estimate of drug-likeness (QED) is 0.799. The maximum absolute atomic E-state index is 13.8. The first-order chi connectivity index (χ1) is 9.68. The zero-order valence-corrected chi connectivity index (χ0v) is 11.3. The standard InChI is InChI=1S/C16H16FNO2/c1-11-10-20-9-8-18(11)16(19)14-6-7-15(17)13-5-3-2-4-12(13)14/h2-7,11H,8-10H2,1H3. The first kappa shape index (κ1) is 13.1. The highest BCUT2D eigenvalue weighted by atomic mass is 19.1. The van der Waals surface area contributed by atoms with Crippen molar-refractivity contribution in [2.75, 3.05) is 19.8 Å². The second kappa shape index (κ2) is 5.21. The number of hydrogen-bond donors (Lipinski definition) is 0. The van der Waals surface area contributed by atoms with Crippen molar-refractivity contribution in [3.05, 3.63) is 47.8 Å². The van der Waals surface area contributed by atoms with Gasteiger partial charge in [0.2, 0.25) is 0 Å². The number of ether oxygens (including phenoxy) is 1. The SMILES string of the molecule is CC1COCCN1C(=O)c1ccc(F)c2ccccc12. The molecule has 104 valence electrons. The van der Waals surface area contributed by atoms with E-state index in [0.717, 1.165) is 0 Å². The van der Waals surface area contributed by atoms with Crippen molar-refractivity contribution in [2.24, 2.45) is 0 Å². The Morgan fingerprint density at radius 3 is 2.75 bits per heavy atom. The molecule has 2 aromatic carbocycles. The molecule has 0 spiro atoms. The van der Waals surface area contributed by atoms with E-state index in [4.69, 9.17) is 4.74 Å². The molecule has 3 nitrogen and oxygen atoms in total. The maximum Gasteiger partial charge on any atom is 0.254 e. The fourth-order valence-electron chi connectivity index (χ4n) is 2.63. The Morgan fingerprint density at radius 1 is 1.25 bits per heavy atom. The van der Waals surface area contributed by atoms with E-state index in [2.05, 4.69) is 0 Å². The summed E-state index contributed by atoms with van der Waals surface area (Å²) in [6, 6.07) is 10.1. The summed E-state index contributed by atoms with van der Waals surface area (Å²) in [6.07, 6.45) is 0. The Bertz CT molecular complexity index is 656. The van der Waals surface area contributed by atoms with Crippen LogP contribution in [0, 0.1) is 5.82 Å². The Balaban J connectivity index is 2.06. The third-order valence-electron chi connectivity index (χ3n) is 3.73. The number of nitrogens with zero attached hydrogens (tertiary/aromatic N) is 1. The van der Waals surface area contributed by atoms with E-state index in [1.54, 1.807) is 29.2 Å². The molecule has 1 saturated heterocycles. The lowest BCUT2D eigenvalue weighted by Crippen LogP contribution is -2.47. The van der Waals surface area contributed by atoms with Crippen molar-refractivity contribution in [1.82, 2.24) is 4.90 Å². The summed E-state index contributed by atoms with van der Waals surface area (Å²) in [5.41, 5.74) is 0.552. The first-order valence-corrected chi connectivity index (χ1v) is 6.74. The molecule has 0 N–H and O–H groups in total. The molecule has 3 rings (SSSR count). The number of fused-ring (bicyclic) bond motifs is 1. The minimum absolute atomic E-state index is 0.0417. The number of morpholine rings is 1. The van der Waals surface area contributed by atoms with Gasteiger partial charge >= 0.3 is 0 Å². The third kappa shape index (κ3) is 2.16. The van der Waals surface area contributed by atoms with Crippen LogP contribution in [0.4, 0.5) is 4.39 Å². The molecule has 20 heavy (non-hydrogen) atoms. The van der Waals surface area contributed by atoms with Crippen LogP contribution >= 0.6 is 0 Å². The van der Waals surface area contributed by atoms with Gasteiger partial charge in [-0.15, -0.1) is 0 Å². The van der Waals surface area contributed by atoms with Gasteiger partial charge in [-0.05, 0) is 24.4 Å². The minimum Gasteiger partial charge on any atom is -0.377 e. The highest BCUT2D eigenvalue weighted by Gasteiger charge is 2.26. The summed E-state index contributed by atoms with van der Waals surface area (Å²) >= 11 is 0. The highest BCUT2D eigenvalue weighted by Crippen LogP contribution is 2.24. The second-order valence-electron chi connectivity index (χ2n) is 5.06. The molecule has 4 heteroatoms. The van der Waals surface area contributed by atoms with E-state index in [-0.39, 0.29) is 17.8 Å². The zero-order valence-electron chi connectivity index (χ0n) is 11.3. The molecule has 1 aliphatic heterocycles. The zero-order chi connectivity index (χ0) is 14.1. The molecular formula is C16H16FNO2. The Kier molecular flexibility index (Phi) is 3.40. The van der Waals surface area contributed by atoms with Gasteiger partial charge in [0.15, 0.2) is 0 Å².